The molecule has 32 heavy (non-hydrogen) atoms. The average molecular weight is 457 g/mol. The number of aliphatic hydroxyl groups excluding tert-OH is 2. The minimum Gasteiger partial charge on any atom is -0.466 e. The van der Waals surface area contributed by atoms with Gasteiger partial charge in [-0.3, -0.25) is 9.59 Å². The molecule has 0 aromatic rings. The second kappa shape index (κ2) is 12.2. The summed E-state index contributed by atoms with van der Waals surface area (Å²) >= 11 is 0. The number of allylic oxidation sites excluding steroid dienone is 1. The molecule has 1 aliphatic rings. The third-order valence-corrected chi connectivity index (χ3v) is 5.55. The van der Waals surface area contributed by atoms with Crippen molar-refractivity contribution in [3.05, 3.63) is 23.8 Å². The van der Waals surface area contributed by atoms with E-state index >= 15 is 0 Å². The van der Waals surface area contributed by atoms with E-state index in [1.54, 1.807) is 19.9 Å². The topological polar surface area (TPSA) is 129 Å². The number of ether oxygens (including phenoxy) is 4. The van der Waals surface area contributed by atoms with Gasteiger partial charge in [-0.1, -0.05) is 26.8 Å². The first kappa shape index (κ1) is 28.0. The number of methoxy groups -OCH3 is 2. The molecule has 0 amide bonds. The Hall–Kier alpha value is -2.07. The minimum atomic E-state index is -1.64. The fourth-order valence-electron chi connectivity index (χ4n) is 3.76. The Morgan fingerprint density at radius 3 is 2.47 bits per heavy atom. The number of rotatable bonds is 11. The largest absolute Gasteiger partial charge is 0.466 e. The lowest BCUT2D eigenvalue weighted by Crippen LogP contribution is -2.63. The summed E-state index contributed by atoms with van der Waals surface area (Å²) in [6, 6.07) is 0. The van der Waals surface area contributed by atoms with Gasteiger partial charge in [0.05, 0.1) is 25.4 Å². The summed E-state index contributed by atoms with van der Waals surface area (Å²) in [5.41, 5.74) is -0.645. The summed E-state index contributed by atoms with van der Waals surface area (Å²) in [4.78, 5) is 35.6. The Morgan fingerprint density at radius 1 is 1.31 bits per heavy atom. The Balaban J connectivity index is 3.64. The van der Waals surface area contributed by atoms with Gasteiger partial charge in [0.25, 0.3) is 0 Å². The van der Waals surface area contributed by atoms with Gasteiger partial charge in [-0.2, -0.15) is 0 Å². The highest BCUT2D eigenvalue weighted by Gasteiger charge is 2.59. The molecule has 0 bridgehead atoms. The van der Waals surface area contributed by atoms with Crippen LogP contribution in [0, 0.1) is 5.41 Å². The van der Waals surface area contributed by atoms with Crippen LogP contribution in [0.3, 0.4) is 0 Å². The van der Waals surface area contributed by atoms with Gasteiger partial charge in [0.1, 0.15) is 6.29 Å². The summed E-state index contributed by atoms with van der Waals surface area (Å²) < 4.78 is 22.7. The molecule has 1 saturated heterocycles. The van der Waals surface area contributed by atoms with E-state index < -0.39 is 47.6 Å². The Labute approximate surface area is 189 Å². The molecular formula is C23H36O9. The molecule has 0 aromatic heterocycles. The van der Waals surface area contributed by atoms with Crippen molar-refractivity contribution in [1.29, 1.82) is 0 Å². The van der Waals surface area contributed by atoms with E-state index in [4.69, 9.17) is 18.9 Å². The van der Waals surface area contributed by atoms with Crippen molar-refractivity contribution in [1.82, 2.24) is 0 Å². The van der Waals surface area contributed by atoms with Gasteiger partial charge in [0.2, 0.25) is 5.79 Å². The molecule has 9 nitrogen and oxygen atoms in total. The van der Waals surface area contributed by atoms with Crippen LogP contribution in [0.15, 0.2) is 23.8 Å². The second-order valence-electron chi connectivity index (χ2n) is 8.44. The second-order valence-corrected chi connectivity index (χ2v) is 8.44. The molecule has 1 aliphatic heterocycles. The summed E-state index contributed by atoms with van der Waals surface area (Å²) in [5, 5.41) is 20.0. The Morgan fingerprint density at radius 2 is 1.97 bits per heavy atom. The van der Waals surface area contributed by atoms with E-state index in [0.29, 0.717) is 18.3 Å². The van der Waals surface area contributed by atoms with Gasteiger partial charge < -0.3 is 29.2 Å². The van der Waals surface area contributed by atoms with Crippen LogP contribution in [-0.4, -0.2) is 72.9 Å². The molecule has 1 rings (SSSR count). The third-order valence-electron chi connectivity index (χ3n) is 5.55. The summed E-state index contributed by atoms with van der Waals surface area (Å²) in [6.07, 6.45) is 1.61. The van der Waals surface area contributed by atoms with Crippen LogP contribution in [0.25, 0.3) is 0 Å². The molecule has 9 heteroatoms. The summed E-state index contributed by atoms with van der Waals surface area (Å²) in [5.74, 6) is -2.80. The van der Waals surface area contributed by atoms with Crippen LogP contribution in [0.4, 0.5) is 0 Å². The molecule has 0 aromatic carbocycles. The Bertz CT molecular complexity index is 710. The van der Waals surface area contributed by atoms with Crippen molar-refractivity contribution in [2.24, 2.45) is 5.41 Å². The molecule has 0 radical (unpaired) electrons. The fourth-order valence-corrected chi connectivity index (χ4v) is 3.76. The van der Waals surface area contributed by atoms with Crippen LogP contribution in [0.2, 0.25) is 0 Å². The maximum Gasteiger partial charge on any atom is 0.330 e. The molecular weight excluding hydrogens is 420 g/mol. The number of aliphatic hydroxyl groups is 2. The highest BCUT2D eigenvalue weighted by atomic mass is 16.7. The van der Waals surface area contributed by atoms with Gasteiger partial charge >= 0.3 is 11.9 Å². The fraction of sp³-hybridized carbons (Fsp3) is 0.696. The number of hydrogen-bond donors (Lipinski definition) is 2. The van der Waals surface area contributed by atoms with E-state index in [9.17, 15) is 24.6 Å². The molecule has 0 aliphatic carbocycles. The number of esters is 2. The van der Waals surface area contributed by atoms with Gasteiger partial charge in [0, 0.05) is 31.4 Å². The van der Waals surface area contributed by atoms with Crippen molar-refractivity contribution in [2.75, 3.05) is 14.2 Å². The van der Waals surface area contributed by atoms with Gasteiger partial charge in [-0.15, -0.1) is 0 Å². The highest BCUT2D eigenvalue weighted by Crippen LogP contribution is 2.48. The normalized spacial score (nSPS) is 27.2. The lowest BCUT2D eigenvalue weighted by molar-refractivity contribution is -0.338. The smallest absolute Gasteiger partial charge is 0.330 e. The summed E-state index contributed by atoms with van der Waals surface area (Å²) in [6.45, 7) is 6.76. The maximum absolute atomic E-state index is 12.5. The molecule has 2 N–H and O–H groups in total. The maximum atomic E-state index is 12.5. The minimum absolute atomic E-state index is 0.0321. The third kappa shape index (κ3) is 6.71. The Kier molecular flexibility index (Phi) is 10.7. The molecule has 182 valence electrons. The first-order valence-corrected chi connectivity index (χ1v) is 10.7. The van der Waals surface area contributed by atoms with E-state index in [1.807, 2.05) is 6.92 Å². The molecule has 1 fully saturated rings. The van der Waals surface area contributed by atoms with Gasteiger partial charge in [-0.25, -0.2) is 4.79 Å². The van der Waals surface area contributed by atoms with E-state index in [1.165, 1.54) is 33.3 Å². The van der Waals surface area contributed by atoms with Crippen LogP contribution in [0.1, 0.15) is 53.4 Å². The van der Waals surface area contributed by atoms with Crippen LogP contribution in [-0.2, 0) is 33.3 Å². The molecule has 0 saturated carbocycles. The number of hydrogen-bond acceptors (Lipinski definition) is 9. The summed E-state index contributed by atoms with van der Waals surface area (Å²) in [7, 11) is 2.60. The number of carbonyl (C=O) groups excluding carboxylic acids is 3. The van der Waals surface area contributed by atoms with E-state index in [0.717, 1.165) is 0 Å². The zero-order chi connectivity index (χ0) is 24.5. The highest BCUT2D eigenvalue weighted by molar-refractivity contribution is 5.83. The quantitative estimate of drug-likeness (QED) is 0.272. The van der Waals surface area contributed by atoms with Crippen molar-refractivity contribution in [3.63, 3.8) is 0 Å². The van der Waals surface area contributed by atoms with Gasteiger partial charge in [-0.05, 0) is 31.4 Å². The zero-order valence-corrected chi connectivity index (χ0v) is 19.7. The van der Waals surface area contributed by atoms with Gasteiger partial charge in [0.15, 0.2) is 6.10 Å². The predicted molar refractivity (Wildman–Crippen MR) is 115 cm³/mol. The standard InChI is InChI=1S/C23H36O9/c1-7-9-19(27)31-21-16(13-20(28)29-5)12-17(14-18(26)15(2)25)32-23(21,30-6)22(3,4)10-8-11-24/h8,10-11,13,15,17-18,21,25-26H,7,9,12,14H2,1-6H3/b10-8+,16-13+/t15-,17+,18-,21+,23-/m1/s1. The molecule has 0 unspecified atom stereocenters. The number of carbonyl (C=O) groups is 3. The zero-order valence-electron chi connectivity index (χ0n) is 19.7. The lowest BCUT2D eigenvalue weighted by atomic mass is 9.74. The van der Waals surface area contributed by atoms with E-state index in [-0.39, 0.29) is 19.3 Å². The SMILES string of the molecule is CCCC(=O)O[C@H]1/C(=C/C(=O)OC)C[C@@H](C[C@@H](O)[C@@H](C)O)O[C@@]1(OC)C(C)(C)/C=C/C=O. The lowest BCUT2D eigenvalue weighted by Gasteiger charge is -2.53. The van der Waals surface area contributed by atoms with Crippen LogP contribution >= 0.6 is 0 Å². The van der Waals surface area contributed by atoms with E-state index in [2.05, 4.69) is 0 Å². The van der Waals surface area contributed by atoms with Crippen LogP contribution < -0.4 is 0 Å². The predicted octanol–water partition coefficient (Wildman–Crippen LogP) is 1.84. The molecule has 5 atom stereocenters. The first-order valence-electron chi connectivity index (χ1n) is 10.7. The van der Waals surface area contributed by atoms with Crippen molar-refractivity contribution < 1.29 is 43.5 Å². The van der Waals surface area contributed by atoms with Crippen molar-refractivity contribution >= 4 is 18.2 Å². The molecule has 0 spiro atoms. The molecule has 1 heterocycles. The number of aldehydes is 1. The monoisotopic (exact) mass is 456 g/mol. The average Bonchev–Trinajstić information content (AvgIpc) is 2.73. The van der Waals surface area contributed by atoms with Crippen LogP contribution in [0.5, 0.6) is 0 Å². The van der Waals surface area contributed by atoms with Crippen molar-refractivity contribution in [2.45, 2.75) is 83.6 Å². The first-order chi connectivity index (χ1) is 15.0. The van der Waals surface area contributed by atoms with Crippen molar-refractivity contribution in [3.8, 4) is 0 Å².